The molecule has 1 atom stereocenters. The van der Waals surface area contributed by atoms with E-state index in [-0.39, 0.29) is 5.91 Å². The summed E-state index contributed by atoms with van der Waals surface area (Å²) in [7, 11) is 0. The summed E-state index contributed by atoms with van der Waals surface area (Å²) in [4.78, 5) is 24.1. The molecule has 0 radical (unpaired) electrons. The fourth-order valence-corrected chi connectivity index (χ4v) is 4.35. The highest BCUT2D eigenvalue weighted by Crippen LogP contribution is 2.40. The van der Waals surface area contributed by atoms with E-state index >= 15 is 0 Å². The van der Waals surface area contributed by atoms with Crippen molar-refractivity contribution in [1.29, 1.82) is 0 Å². The number of amides is 1. The van der Waals surface area contributed by atoms with Crippen LogP contribution in [0.15, 0.2) is 36.8 Å². The Morgan fingerprint density at radius 1 is 1.21 bits per heavy atom. The third-order valence-corrected chi connectivity index (χ3v) is 6.18. The van der Waals surface area contributed by atoms with Gasteiger partial charge in [-0.1, -0.05) is 6.07 Å². The summed E-state index contributed by atoms with van der Waals surface area (Å²) in [6, 6.07) is 6.03. The lowest BCUT2D eigenvalue weighted by Crippen LogP contribution is -2.54. The van der Waals surface area contributed by atoms with E-state index in [4.69, 9.17) is 4.74 Å². The van der Waals surface area contributed by atoms with Crippen LogP contribution in [0.1, 0.15) is 37.2 Å². The van der Waals surface area contributed by atoms with Gasteiger partial charge in [-0.05, 0) is 43.7 Å². The van der Waals surface area contributed by atoms with Crippen LogP contribution in [0.25, 0.3) is 0 Å². The Labute approximate surface area is 165 Å². The van der Waals surface area contributed by atoms with Gasteiger partial charge in [-0.2, -0.15) is 0 Å². The second-order valence-electron chi connectivity index (χ2n) is 8.29. The number of rotatable bonds is 5. The number of hydrogen-bond donors (Lipinski definition) is 1. The average Bonchev–Trinajstić information content (AvgIpc) is 3.43. The van der Waals surface area contributed by atoms with E-state index in [1.54, 1.807) is 0 Å². The number of nitrogens with zero attached hydrogens (tertiary/aromatic N) is 4. The lowest BCUT2D eigenvalue weighted by atomic mass is 9.88. The zero-order valence-corrected chi connectivity index (χ0v) is 16.1. The molecule has 1 N–H and O–H groups in total. The van der Waals surface area contributed by atoms with Crippen LogP contribution in [0.3, 0.4) is 0 Å². The van der Waals surface area contributed by atoms with E-state index < -0.39 is 11.7 Å². The van der Waals surface area contributed by atoms with Crippen LogP contribution in [0.2, 0.25) is 0 Å². The Kier molecular flexibility index (Phi) is 4.64. The number of ether oxygens (including phenoxy) is 1. The molecular formula is C21H27N5O2. The van der Waals surface area contributed by atoms with Crippen molar-refractivity contribution in [3.8, 4) is 0 Å². The molecule has 148 valence electrons. The number of carbonyl (C=O) groups is 1. The third-order valence-electron chi connectivity index (χ3n) is 6.18. The highest BCUT2D eigenvalue weighted by atomic mass is 16.5. The molecule has 1 aliphatic carbocycles. The Hall–Kier alpha value is -2.25. The molecule has 0 bridgehead atoms. The molecule has 0 aromatic carbocycles. The number of hydrogen-bond acceptors (Lipinski definition) is 5. The van der Waals surface area contributed by atoms with Crippen LogP contribution in [0.5, 0.6) is 0 Å². The second kappa shape index (κ2) is 7.29. The van der Waals surface area contributed by atoms with Crippen molar-refractivity contribution in [2.45, 2.75) is 50.5 Å². The van der Waals surface area contributed by atoms with Crippen molar-refractivity contribution < 1.29 is 9.53 Å². The molecule has 2 aromatic rings. The summed E-state index contributed by atoms with van der Waals surface area (Å²) in [6.45, 7) is 3.97. The molecular weight excluding hydrogens is 354 g/mol. The number of fused-ring (bicyclic) bond motifs is 2. The minimum Gasteiger partial charge on any atom is -0.354 e. The summed E-state index contributed by atoms with van der Waals surface area (Å²) < 4.78 is 8.59. The minimum atomic E-state index is -0.468. The first-order valence-electron chi connectivity index (χ1n) is 10.3. The normalized spacial score (nSPS) is 24.1. The van der Waals surface area contributed by atoms with Crippen LogP contribution in [-0.4, -0.2) is 51.1 Å². The number of imidazole rings is 1. The van der Waals surface area contributed by atoms with E-state index in [1.165, 1.54) is 12.8 Å². The van der Waals surface area contributed by atoms with Gasteiger partial charge in [0.1, 0.15) is 11.4 Å². The predicted octanol–water partition coefficient (Wildman–Crippen LogP) is 1.69. The number of likely N-dealkylation sites (tertiary alicyclic amines) is 1. The molecule has 7 heteroatoms. The van der Waals surface area contributed by atoms with Crippen LogP contribution < -0.4 is 5.32 Å². The van der Waals surface area contributed by atoms with Crippen molar-refractivity contribution in [2.24, 2.45) is 5.92 Å². The number of pyridine rings is 1. The zero-order chi connectivity index (χ0) is 19.0. The van der Waals surface area contributed by atoms with Crippen LogP contribution in [0.4, 0.5) is 0 Å². The van der Waals surface area contributed by atoms with E-state index in [1.807, 2.05) is 30.7 Å². The molecule has 2 aromatic heterocycles. The zero-order valence-electron chi connectivity index (χ0n) is 16.1. The number of nitrogens with one attached hydrogen (secondary N) is 1. The van der Waals surface area contributed by atoms with Crippen LogP contribution in [-0.2, 0) is 28.2 Å². The van der Waals surface area contributed by atoms with Gasteiger partial charge in [-0.15, -0.1) is 0 Å². The standard InChI is InChI=1S/C21H27N5O2/c27-19(24-13-16-4-5-16)18-15-26-12-9-23-20(26)21(28-18)6-10-25(11-7-21)14-17-3-1-2-8-22-17/h1-3,8-9,12,16,18H,4-7,10-11,13-15H2,(H,24,27)/t18-/m1/s1. The van der Waals surface area contributed by atoms with Crippen LogP contribution in [0, 0.1) is 5.92 Å². The Bertz CT molecular complexity index is 824. The maximum atomic E-state index is 12.7. The molecule has 3 aliphatic rings. The molecule has 1 saturated heterocycles. The quantitative estimate of drug-likeness (QED) is 0.853. The van der Waals surface area contributed by atoms with E-state index in [2.05, 4.69) is 30.8 Å². The maximum absolute atomic E-state index is 12.7. The highest BCUT2D eigenvalue weighted by Gasteiger charge is 2.47. The van der Waals surface area contributed by atoms with Crippen molar-refractivity contribution in [1.82, 2.24) is 24.8 Å². The molecule has 4 heterocycles. The van der Waals surface area contributed by atoms with Crippen LogP contribution >= 0.6 is 0 Å². The first-order chi connectivity index (χ1) is 13.7. The van der Waals surface area contributed by atoms with Gasteiger partial charge in [0.2, 0.25) is 0 Å². The molecule has 0 unspecified atom stereocenters. The minimum absolute atomic E-state index is 0.0153. The fourth-order valence-electron chi connectivity index (χ4n) is 4.35. The second-order valence-corrected chi connectivity index (χ2v) is 8.29. The van der Waals surface area contributed by atoms with E-state index in [9.17, 15) is 4.79 Å². The predicted molar refractivity (Wildman–Crippen MR) is 103 cm³/mol. The largest absolute Gasteiger partial charge is 0.354 e. The summed E-state index contributed by atoms with van der Waals surface area (Å²) in [5, 5.41) is 3.08. The van der Waals surface area contributed by atoms with Gasteiger partial charge in [0.05, 0.1) is 12.2 Å². The Balaban J connectivity index is 1.27. The monoisotopic (exact) mass is 381 g/mol. The molecule has 5 rings (SSSR count). The lowest BCUT2D eigenvalue weighted by Gasteiger charge is -2.45. The molecule has 28 heavy (non-hydrogen) atoms. The van der Waals surface area contributed by atoms with Crippen molar-refractivity contribution in [2.75, 3.05) is 19.6 Å². The Morgan fingerprint density at radius 2 is 2.07 bits per heavy atom. The first kappa shape index (κ1) is 17.8. The first-order valence-corrected chi connectivity index (χ1v) is 10.3. The summed E-state index contributed by atoms with van der Waals surface area (Å²) in [6.07, 6.45) is 9.33. The lowest BCUT2D eigenvalue weighted by molar-refractivity contribution is -0.173. The smallest absolute Gasteiger partial charge is 0.251 e. The van der Waals surface area contributed by atoms with E-state index in [0.29, 0.717) is 12.5 Å². The Morgan fingerprint density at radius 3 is 2.82 bits per heavy atom. The molecule has 1 spiro atoms. The van der Waals surface area contributed by atoms with Crippen molar-refractivity contribution >= 4 is 5.91 Å². The highest BCUT2D eigenvalue weighted by molar-refractivity contribution is 5.81. The molecule has 2 aliphatic heterocycles. The molecule has 1 amide bonds. The molecule has 2 fully saturated rings. The van der Waals surface area contributed by atoms with Gasteiger partial charge in [-0.25, -0.2) is 4.98 Å². The van der Waals surface area contributed by atoms with Gasteiger partial charge in [0.15, 0.2) is 6.10 Å². The average molecular weight is 381 g/mol. The van der Waals surface area contributed by atoms with Gasteiger partial charge in [0, 0.05) is 44.8 Å². The van der Waals surface area contributed by atoms with E-state index in [0.717, 1.165) is 50.5 Å². The number of carbonyl (C=O) groups excluding carboxylic acids is 1. The number of aromatic nitrogens is 3. The van der Waals surface area contributed by atoms with Gasteiger partial charge in [0.25, 0.3) is 5.91 Å². The van der Waals surface area contributed by atoms with Gasteiger partial charge >= 0.3 is 0 Å². The fraction of sp³-hybridized carbons (Fsp3) is 0.571. The number of piperidine rings is 1. The SMILES string of the molecule is O=C(NCC1CC1)[C@H]1Cn2ccnc2C2(CCN(Cc3ccccn3)CC2)O1. The van der Waals surface area contributed by atoms with Gasteiger partial charge in [-0.3, -0.25) is 14.7 Å². The molecule has 1 saturated carbocycles. The summed E-state index contributed by atoms with van der Waals surface area (Å²) in [5.74, 6) is 1.65. The maximum Gasteiger partial charge on any atom is 0.251 e. The third kappa shape index (κ3) is 3.56. The van der Waals surface area contributed by atoms with Crippen molar-refractivity contribution in [3.63, 3.8) is 0 Å². The topological polar surface area (TPSA) is 72.3 Å². The van der Waals surface area contributed by atoms with Crippen molar-refractivity contribution in [3.05, 3.63) is 48.3 Å². The van der Waals surface area contributed by atoms with Gasteiger partial charge < -0.3 is 14.6 Å². The summed E-state index contributed by atoms with van der Waals surface area (Å²) >= 11 is 0. The molecule has 7 nitrogen and oxygen atoms in total. The summed E-state index contributed by atoms with van der Waals surface area (Å²) in [5.41, 5.74) is 0.617.